The molecule has 2 aromatic heterocycles. The minimum atomic E-state index is 0.0781. The van der Waals surface area contributed by atoms with Crippen LogP contribution in [0.3, 0.4) is 0 Å². The third-order valence-corrected chi connectivity index (χ3v) is 7.41. The van der Waals surface area contributed by atoms with Crippen molar-refractivity contribution in [2.24, 2.45) is 5.92 Å². The van der Waals surface area contributed by atoms with E-state index >= 15 is 0 Å². The maximum absolute atomic E-state index is 12.7. The highest BCUT2D eigenvalue weighted by Crippen LogP contribution is 2.25. The highest BCUT2D eigenvalue weighted by Gasteiger charge is 2.26. The van der Waals surface area contributed by atoms with Gasteiger partial charge in [-0.25, -0.2) is 0 Å². The minimum Gasteiger partial charge on any atom is -0.369 e. The summed E-state index contributed by atoms with van der Waals surface area (Å²) in [5, 5.41) is 16.4. The van der Waals surface area contributed by atoms with Gasteiger partial charge in [-0.1, -0.05) is 17.7 Å². The number of fused-ring (bicyclic) bond motifs is 1. The molecule has 1 amide bonds. The van der Waals surface area contributed by atoms with Crippen LogP contribution in [0.4, 0.5) is 11.5 Å². The van der Waals surface area contributed by atoms with Crippen molar-refractivity contribution in [3.05, 3.63) is 47.2 Å². The van der Waals surface area contributed by atoms with Crippen LogP contribution in [0.25, 0.3) is 5.65 Å². The Kier molecular flexibility index (Phi) is 7.34. The Labute approximate surface area is 211 Å². The number of halogens is 1. The summed E-state index contributed by atoms with van der Waals surface area (Å²) in [5.41, 5.74) is 3.25. The normalized spacial score (nSPS) is 17.8. The molecule has 4 heterocycles. The van der Waals surface area contributed by atoms with Gasteiger partial charge in [0.2, 0.25) is 5.91 Å². The van der Waals surface area contributed by atoms with Crippen molar-refractivity contribution >= 4 is 34.7 Å². The van der Waals surface area contributed by atoms with Crippen LogP contribution >= 0.6 is 11.6 Å². The lowest BCUT2D eigenvalue weighted by Gasteiger charge is -2.37. The highest BCUT2D eigenvalue weighted by atomic mass is 35.5. The summed E-state index contributed by atoms with van der Waals surface area (Å²) >= 11 is 6.20. The van der Waals surface area contributed by atoms with Gasteiger partial charge >= 0.3 is 0 Å². The van der Waals surface area contributed by atoms with Crippen LogP contribution in [-0.2, 0) is 4.79 Å². The molecular weight excluding hydrogens is 464 g/mol. The van der Waals surface area contributed by atoms with Crippen LogP contribution in [0.2, 0.25) is 5.02 Å². The third kappa shape index (κ3) is 5.67. The van der Waals surface area contributed by atoms with E-state index in [1.54, 1.807) is 10.8 Å². The Morgan fingerprint density at radius 1 is 1.06 bits per heavy atom. The van der Waals surface area contributed by atoms with Crippen molar-refractivity contribution in [3.63, 3.8) is 0 Å². The molecule has 0 saturated carbocycles. The molecule has 2 fully saturated rings. The Balaban J connectivity index is 0.993. The van der Waals surface area contributed by atoms with Crippen LogP contribution in [0, 0.1) is 12.8 Å². The van der Waals surface area contributed by atoms with E-state index < -0.39 is 0 Å². The number of benzene rings is 1. The van der Waals surface area contributed by atoms with Crippen LogP contribution in [0.5, 0.6) is 0 Å². The highest BCUT2D eigenvalue weighted by molar-refractivity contribution is 6.30. The first-order valence-electron chi connectivity index (χ1n) is 12.5. The summed E-state index contributed by atoms with van der Waals surface area (Å²) in [5.74, 6) is 1.17. The zero-order chi connectivity index (χ0) is 24.2. The molecule has 0 bridgehead atoms. The summed E-state index contributed by atoms with van der Waals surface area (Å²) < 4.78 is 1.69. The molecule has 35 heavy (non-hydrogen) atoms. The molecule has 0 spiro atoms. The topological polar surface area (TPSA) is 81.9 Å². The second kappa shape index (κ2) is 10.8. The van der Waals surface area contributed by atoms with Gasteiger partial charge in [-0.3, -0.25) is 9.69 Å². The van der Waals surface area contributed by atoms with Gasteiger partial charge < -0.3 is 15.1 Å². The largest absolute Gasteiger partial charge is 0.369 e. The van der Waals surface area contributed by atoms with Gasteiger partial charge in [0.25, 0.3) is 0 Å². The van der Waals surface area contributed by atoms with Gasteiger partial charge in [-0.05, 0) is 62.6 Å². The molecule has 3 aromatic rings. The van der Waals surface area contributed by atoms with E-state index in [4.69, 9.17) is 11.6 Å². The van der Waals surface area contributed by atoms with E-state index in [0.29, 0.717) is 0 Å². The first kappa shape index (κ1) is 23.8. The maximum Gasteiger partial charge on any atom is 0.223 e. The monoisotopic (exact) mass is 496 g/mol. The lowest BCUT2D eigenvalue weighted by Crippen LogP contribution is -2.47. The number of nitrogens with zero attached hydrogens (tertiary/aromatic N) is 7. The molecule has 10 heteroatoms. The number of aryl methyl sites for hydroxylation is 1. The van der Waals surface area contributed by atoms with Gasteiger partial charge in [0, 0.05) is 62.4 Å². The summed E-state index contributed by atoms with van der Waals surface area (Å²) in [6.45, 7) is 9.62. The Morgan fingerprint density at radius 2 is 1.86 bits per heavy atom. The Hall–Kier alpha value is -2.91. The van der Waals surface area contributed by atoms with Crippen molar-refractivity contribution < 1.29 is 4.79 Å². The van der Waals surface area contributed by atoms with Crippen molar-refractivity contribution in [1.29, 1.82) is 0 Å². The molecule has 186 valence electrons. The fourth-order valence-corrected chi connectivity index (χ4v) is 5.22. The SMILES string of the molecule is Cc1ccc(Cl)cc1N1CCN(CCCNC(=O)C2CCN(c3ccc4nncn4n3)CC2)CC1. The quantitative estimate of drug-likeness (QED) is 0.503. The number of amides is 1. The predicted octanol–water partition coefficient (Wildman–Crippen LogP) is 2.63. The van der Waals surface area contributed by atoms with Crippen molar-refractivity contribution in [1.82, 2.24) is 30.0 Å². The van der Waals surface area contributed by atoms with Gasteiger partial charge in [0.05, 0.1) is 0 Å². The molecule has 5 rings (SSSR count). The molecule has 0 radical (unpaired) electrons. The Morgan fingerprint density at radius 3 is 2.66 bits per heavy atom. The van der Waals surface area contributed by atoms with Gasteiger partial charge in [-0.2, -0.15) is 4.52 Å². The number of hydrogen-bond donors (Lipinski definition) is 1. The number of piperazine rings is 1. The minimum absolute atomic E-state index is 0.0781. The zero-order valence-corrected chi connectivity index (χ0v) is 21.0. The molecule has 9 nitrogen and oxygen atoms in total. The molecule has 1 N–H and O–H groups in total. The van der Waals surface area contributed by atoms with E-state index in [2.05, 4.69) is 54.4 Å². The molecule has 2 aliphatic rings. The van der Waals surface area contributed by atoms with Gasteiger partial charge in [-0.15, -0.1) is 15.3 Å². The third-order valence-electron chi connectivity index (χ3n) is 7.17. The van der Waals surface area contributed by atoms with Gasteiger partial charge in [0.15, 0.2) is 5.65 Å². The van der Waals surface area contributed by atoms with E-state index in [9.17, 15) is 4.79 Å². The van der Waals surface area contributed by atoms with Gasteiger partial charge in [0.1, 0.15) is 12.1 Å². The molecule has 2 saturated heterocycles. The zero-order valence-electron chi connectivity index (χ0n) is 20.2. The van der Waals surface area contributed by atoms with E-state index in [1.807, 2.05) is 18.2 Å². The number of piperidine rings is 1. The number of rotatable bonds is 7. The van der Waals surface area contributed by atoms with Crippen molar-refractivity contribution in [3.8, 4) is 0 Å². The van der Waals surface area contributed by atoms with Crippen LogP contribution in [-0.4, -0.2) is 83.0 Å². The first-order valence-corrected chi connectivity index (χ1v) is 12.9. The fourth-order valence-electron chi connectivity index (χ4n) is 5.05. The first-order chi connectivity index (χ1) is 17.1. The lowest BCUT2D eigenvalue weighted by atomic mass is 9.96. The lowest BCUT2D eigenvalue weighted by molar-refractivity contribution is -0.125. The van der Waals surface area contributed by atoms with E-state index in [1.165, 1.54) is 11.3 Å². The average molecular weight is 497 g/mol. The number of nitrogens with one attached hydrogen (secondary N) is 1. The molecular formula is C25H33ClN8O. The number of aromatic nitrogens is 4. The second-order valence-electron chi connectivity index (χ2n) is 9.49. The Bertz CT molecular complexity index is 1150. The van der Waals surface area contributed by atoms with Crippen molar-refractivity contribution in [2.45, 2.75) is 26.2 Å². The summed E-state index contributed by atoms with van der Waals surface area (Å²) in [6.07, 6.45) is 4.28. The maximum atomic E-state index is 12.7. The molecule has 1 aromatic carbocycles. The predicted molar refractivity (Wildman–Crippen MR) is 138 cm³/mol. The second-order valence-corrected chi connectivity index (χ2v) is 9.93. The molecule has 0 atom stereocenters. The van der Waals surface area contributed by atoms with E-state index in [-0.39, 0.29) is 11.8 Å². The molecule has 0 unspecified atom stereocenters. The average Bonchev–Trinajstić information content (AvgIpc) is 3.36. The molecule has 2 aliphatic heterocycles. The van der Waals surface area contributed by atoms with Crippen LogP contribution in [0.15, 0.2) is 36.7 Å². The number of carbonyl (C=O) groups excluding carboxylic acids is 1. The number of anilines is 2. The summed E-state index contributed by atoms with van der Waals surface area (Å²) in [6, 6.07) is 10.0. The van der Waals surface area contributed by atoms with Crippen LogP contribution < -0.4 is 15.1 Å². The van der Waals surface area contributed by atoms with Crippen LogP contribution in [0.1, 0.15) is 24.8 Å². The number of carbonyl (C=O) groups is 1. The standard InChI is InChI=1S/C25H33ClN8O/c1-19-3-4-21(26)17-22(19)32-15-13-31(14-16-32)10-2-9-27-25(35)20-7-11-33(12-8-20)24-6-5-23-29-28-18-34(23)30-24/h3-6,17-18,20H,2,7-16H2,1H3,(H,27,35). The van der Waals surface area contributed by atoms with Crippen molar-refractivity contribution in [2.75, 3.05) is 62.2 Å². The van der Waals surface area contributed by atoms with E-state index in [0.717, 1.165) is 88.1 Å². The summed E-state index contributed by atoms with van der Waals surface area (Å²) in [7, 11) is 0. The summed E-state index contributed by atoms with van der Waals surface area (Å²) in [4.78, 5) is 19.8. The fraction of sp³-hybridized carbons (Fsp3) is 0.520. The molecule has 0 aliphatic carbocycles. The smallest absolute Gasteiger partial charge is 0.223 e. The number of hydrogen-bond acceptors (Lipinski definition) is 7.